The van der Waals surface area contributed by atoms with Crippen molar-refractivity contribution in [3.05, 3.63) is 58.1 Å². The monoisotopic (exact) mass is 362 g/mol. The Hall–Kier alpha value is -1.96. The summed E-state index contributed by atoms with van der Waals surface area (Å²) in [6.07, 6.45) is -3.41. The van der Waals surface area contributed by atoms with Gasteiger partial charge in [-0.2, -0.15) is 17.6 Å². The van der Waals surface area contributed by atoms with Gasteiger partial charge in [-0.3, -0.25) is 4.79 Å². The third-order valence-electron chi connectivity index (χ3n) is 2.53. The molecule has 0 saturated carbocycles. The molecule has 0 atom stereocenters. The lowest BCUT2D eigenvalue weighted by atomic mass is 10.2. The molecule has 2 rings (SSSR count). The van der Waals surface area contributed by atoms with E-state index in [4.69, 9.17) is 0 Å². The zero-order valence-electron chi connectivity index (χ0n) is 10.2. The fourth-order valence-corrected chi connectivity index (χ4v) is 2.05. The van der Waals surface area contributed by atoms with Gasteiger partial charge >= 0.3 is 6.18 Å². The molecule has 0 aliphatic rings. The van der Waals surface area contributed by atoms with E-state index in [-0.39, 0.29) is 15.7 Å². The van der Waals surface area contributed by atoms with E-state index in [2.05, 4.69) is 26.2 Å². The summed E-state index contributed by atoms with van der Waals surface area (Å²) in [6, 6.07) is 5.71. The number of carbonyl (C=O) groups excluding carboxylic acids is 1. The van der Waals surface area contributed by atoms with Gasteiger partial charge in [0.05, 0.1) is 11.1 Å². The predicted octanol–water partition coefficient (Wildman–Crippen LogP) is 4.25. The maximum Gasteiger partial charge on any atom is 0.417 e. The molecule has 8 heteroatoms. The van der Waals surface area contributed by atoms with Crippen molar-refractivity contribution in [1.82, 2.24) is 4.98 Å². The van der Waals surface area contributed by atoms with Gasteiger partial charge in [-0.05, 0) is 30.3 Å². The number of benzene rings is 1. The van der Waals surface area contributed by atoms with Gasteiger partial charge in [0.1, 0.15) is 0 Å². The first-order valence-electron chi connectivity index (χ1n) is 5.57. The number of pyridine rings is 1. The molecule has 0 aliphatic carbocycles. The van der Waals surface area contributed by atoms with E-state index in [1.54, 1.807) is 0 Å². The van der Waals surface area contributed by atoms with Crippen molar-refractivity contribution in [3.8, 4) is 0 Å². The van der Waals surface area contributed by atoms with Crippen molar-refractivity contribution in [1.29, 1.82) is 0 Å². The van der Waals surface area contributed by atoms with Crippen LogP contribution in [0.1, 0.15) is 15.9 Å². The zero-order chi connectivity index (χ0) is 15.6. The largest absolute Gasteiger partial charge is 0.417 e. The molecule has 110 valence electrons. The Morgan fingerprint density at radius 1 is 1.24 bits per heavy atom. The van der Waals surface area contributed by atoms with Crippen LogP contribution >= 0.6 is 15.9 Å². The summed E-state index contributed by atoms with van der Waals surface area (Å²) in [5.74, 6) is -1.88. The molecular formula is C13H7BrF4N2O. The molecule has 2 aromatic rings. The molecule has 0 fully saturated rings. The first-order valence-corrected chi connectivity index (χ1v) is 6.37. The van der Waals surface area contributed by atoms with Crippen molar-refractivity contribution in [2.24, 2.45) is 0 Å². The first-order chi connectivity index (χ1) is 9.79. The minimum absolute atomic E-state index is 0.0984. The number of aromatic nitrogens is 1. The van der Waals surface area contributed by atoms with E-state index >= 15 is 0 Å². The Morgan fingerprint density at radius 2 is 1.95 bits per heavy atom. The highest BCUT2D eigenvalue weighted by molar-refractivity contribution is 9.10. The van der Waals surface area contributed by atoms with Crippen LogP contribution in [0.5, 0.6) is 0 Å². The van der Waals surface area contributed by atoms with Crippen molar-refractivity contribution >= 4 is 27.5 Å². The highest BCUT2D eigenvalue weighted by Gasteiger charge is 2.33. The van der Waals surface area contributed by atoms with Crippen molar-refractivity contribution in [2.45, 2.75) is 6.18 Å². The average Bonchev–Trinajstić information content (AvgIpc) is 2.40. The summed E-state index contributed by atoms with van der Waals surface area (Å²) in [6.45, 7) is 0. The van der Waals surface area contributed by atoms with Crippen LogP contribution in [0.2, 0.25) is 0 Å². The van der Waals surface area contributed by atoms with Gasteiger partial charge in [0.2, 0.25) is 5.95 Å². The summed E-state index contributed by atoms with van der Waals surface area (Å²) < 4.78 is 51.4. The van der Waals surface area contributed by atoms with Gasteiger partial charge in [-0.15, -0.1) is 0 Å². The average molecular weight is 363 g/mol. The second-order valence-electron chi connectivity index (χ2n) is 3.99. The third kappa shape index (κ3) is 3.57. The second-order valence-corrected chi connectivity index (χ2v) is 4.84. The zero-order valence-corrected chi connectivity index (χ0v) is 11.8. The minimum atomic E-state index is -4.57. The molecule has 1 heterocycles. The molecule has 0 aliphatic heterocycles. The molecule has 1 N–H and O–H groups in total. The summed E-state index contributed by atoms with van der Waals surface area (Å²) >= 11 is 2.79. The Bertz CT molecular complexity index is 688. The van der Waals surface area contributed by atoms with Crippen LogP contribution in [-0.4, -0.2) is 10.9 Å². The van der Waals surface area contributed by atoms with Crippen LogP contribution in [0.15, 0.2) is 41.0 Å². The fraction of sp³-hybridized carbons (Fsp3) is 0.0769. The molecule has 0 saturated heterocycles. The number of amides is 1. The highest BCUT2D eigenvalue weighted by Crippen LogP contribution is 2.36. The van der Waals surface area contributed by atoms with E-state index in [9.17, 15) is 22.4 Å². The number of alkyl halides is 3. The first kappa shape index (κ1) is 15.4. The van der Waals surface area contributed by atoms with Crippen LogP contribution in [0.25, 0.3) is 0 Å². The van der Waals surface area contributed by atoms with Gasteiger partial charge in [0.25, 0.3) is 5.91 Å². The van der Waals surface area contributed by atoms with E-state index in [1.165, 1.54) is 18.2 Å². The fourth-order valence-electron chi connectivity index (χ4n) is 1.57. The number of carbonyl (C=O) groups is 1. The number of hydrogen-bond acceptors (Lipinski definition) is 2. The molecule has 1 aromatic heterocycles. The summed E-state index contributed by atoms with van der Waals surface area (Å²) in [4.78, 5) is 15.1. The SMILES string of the molecule is O=C(Nc1ccc(Br)c(C(F)(F)F)c1)c1cccnc1F. The van der Waals surface area contributed by atoms with E-state index in [1.807, 2.05) is 0 Å². The third-order valence-corrected chi connectivity index (χ3v) is 3.22. The van der Waals surface area contributed by atoms with Crippen LogP contribution in [0.3, 0.4) is 0 Å². The van der Waals surface area contributed by atoms with Gasteiger partial charge in [-0.25, -0.2) is 4.98 Å². The van der Waals surface area contributed by atoms with Crippen molar-refractivity contribution in [2.75, 3.05) is 5.32 Å². The number of hydrogen-bond donors (Lipinski definition) is 1. The van der Waals surface area contributed by atoms with Crippen molar-refractivity contribution in [3.63, 3.8) is 0 Å². The molecule has 1 aromatic carbocycles. The number of anilines is 1. The van der Waals surface area contributed by atoms with E-state index < -0.39 is 23.6 Å². The molecule has 1 amide bonds. The Labute approximate surface area is 125 Å². The topological polar surface area (TPSA) is 42.0 Å². The number of rotatable bonds is 2. The molecule has 0 bridgehead atoms. The van der Waals surface area contributed by atoms with Crippen molar-refractivity contribution < 1.29 is 22.4 Å². The van der Waals surface area contributed by atoms with E-state index in [0.717, 1.165) is 18.3 Å². The van der Waals surface area contributed by atoms with Gasteiger partial charge < -0.3 is 5.32 Å². The van der Waals surface area contributed by atoms with E-state index in [0.29, 0.717) is 0 Å². The molecule has 0 spiro atoms. The number of nitrogens with zero attached hydrogens (tertiary/aromatic N) is 1. The van der Waals surface area contributed by atoms with Crippen LogP contribution < -0.4 is 5.32 Å². The molecule has 3 nitrogen and oxygen atoms in total. The molecular weight excluding hydrogens is 356 g/mol. The van der Waals surface area contributed by atoms with Gasteiger partial charge in [-0.1, -0.05) is 15.9 Å². The number of nitrogens with one attached hydrogen (secondary N) is 1. The highest BCUT2D eigenvalue weighted by atomic mass is 79.9. The summed E-state index contributed by atoms with van der Waals surface area (Å²) in [7, 11) is 0. The maximum atomic E-state index is 13.3. The summed E-state index contributed by atoms with van der Waals surface area (Å²) in [5, 5.41) is 2.20. The van der Waals surface area contributed by atoms with Crippen LogP contribution in [0, 0.1) is 5.95 Å². The Balaban J connectivity index is 2.29. The summed E-state index contributed by atoms with van der Waals surface area (Å²) in [5.41, 5.74) is -1.39. The van der Waals surface area contributed by atoms with Crippen LogP contribution in [-0.2, 0) is 6.18 Å². The standard InChI is InChI=1S/C13H7BrF4N2O/c14-10-4-3-7(6-9(10)13(16,17)18)20-12(21)8-2-1-5-19-11(8)15/h1-6H,(H,20,21). The Kier molecular flexibility index (Phi) is 4.26. The predicted molar refractivity (Wildman–Crippen MR) is 71.3 cm³/mol. The van der Waals surface area contributed by atoms with Gasteiger partial charge in [0, 0.05) is 16.4 Å². The quantitative estimate of drug-likeness (QED) is 0.640. The van der Waals surface area contributed by atoms with Crippen LogP contribution in [0.4, 0.5) is 23.2 Å². The maximum absolute atomic E-state index is 13.3. The lowest BCUT2D eigenvalue weighted by Gasteiger charge is -2.12. The minimum Gasteiger partial charge on any atom is -0.322 e. The lowest BCUT2D eigenvalue weighted by Crippen LogP contribution is -2.15. The smallest absolute Gasteiger partial charge is 0.322 e. The molecule has 21 heavy (non-hydrogen) atoms. The normalized spacial score (nSPS) is 11.3. The van der Waals surface area contributed by atoms with Gasteiger partial charge in [0.15, 0.2) is 0 Å². The lowest BCUT2D eigenvalue weighted by molar-refractivity contribution is -0.138. The molecule has 0 radical (unpaired) electrons. The number of halogens is 5. The second kappa shape index (κ2) is 5.80. The molecule has 0 unspecified atom stereocenters. The Morgan fingerprint density at radius 3 is 2.57 bits per heavy atom.